The Morgan fingerprint density at radius 3 is 2.39 bits per heavy atom. The Labute approximate surface area is 107 Å². The van der Waals surface area contributed by atoms with Crippen molar-refractivity contribution in [2.45, 2.75) is 27.2 Å². The van der Waals surface area contributed by atoms with Crippen molar-refractivity contribution in [1.29, 1.82) is 0 Å². The summed E-state index contributed by atoms with van der Waals surface area (Å²) in [6.45, 7) is 6.09. The first kappa shape index (κ1) is 11.3. The molecule has 0 amide bonds. The summed E-state index contributed by atoms with van der Waals surface area (Å²) in [6.07, 6.45) is 2.80. The van der Waals surface area contributed by atoms with Crippen LogP contribution in [-0.4, -0.2) is 10.5 Å². The normalized spacial score (nSPS) is 16.9. The Kier molecular flexibility index (Phi) is 2.24. The minimum Gasteiger partial charge on any atom is -0.291 e. The lowest BCUT2D eigenvalue weighted by molar-refractivity contribution is 0.0790. The van der Waals surface area contributed by atoms with Crippen molar-refractivity contribution >= 4 is 5.91 Å². The molecule has 2 aromatic rings. The first-order valence-electron chi connectivity index (χ1n) is 6.30. The third-order valence-electron chi connectivity index (χ3n) is 3.71. The second kappa shape index (κ2) is 3.58. The number of aryl methyl sites for hydroxylation is 1. The van der Waals surface area contributed by atoms with Crippen LogP contribution in [0, 0.1) is 12.3 Å². The summed E-state index contributed by atoms with van der Waals surface area (Å²) in [5.74, 6) is 0.205. The minimum atomic E-state index is -0.249. The Bertz CT molecular complexity index is 617. The molecule has 2 heterocycles. The minimum absolute atomic E-state index is 0.205. The molecule has 1 aliphatic rings. The molecule has 1 aliphatic heterocycles. The summed E-state index contributed by atoms with van der Waals surface area (Å²) >= 11 is 0. The molecule has 0 spiro atoms. The third-order valence-corrected chi connectivity index (χ3v) is 3.71. The molecule has 0 atom stereocenters. The molecular weight excluding hydrogens is 222 g/mol. The van der Waals surface area contributed by atoms with Crippen molar-refractivity contribution in [2.75, 3.05) is 0 Å². The molecule has 0 saturated heterocycles. The van der Waals surface area contributed by atoms with Crippen LogP contribution in [0.2, 0.25) is 0 Å². The van der Waals surface area contributed by atoms with Crippen molar-refractivity contribution < 1.29 is 4.79 Å². The second-order valence-corrected chi connectivity index (χ2v) is 5.82. The molecule has 18 heavy (non-hydrogen) atoms. The predicted octanol–water partition coefficient (Wildman–Crippen LogP) is 3.69. The van der Waals surface area contributed by atoms with E-state index in [0.717, 1.165) is 17.7 Å². The summed E-state index contributed by atoms with van der Waals surface area (Å²) in [6, 6.07) is 10.6. The molecule has 0 bridgehead atoms. The maximum atomic E-state index is 12.2. The lowest BCUT2D eigenvalue weighted by Gasteiger charge is -2.13. The highest BCUT2D eigenvalue weighted by Gasteiger charge is 2.37. The summed E-state index contributed by atoms with van der Waals surface area (Å²) in [5.41, 5.74) is 4.44. The van der Waals surface area contributed by atoms with Crippen LogP contribution in [0.3, 0.4) is 0 Å². The van der Waals surface area contributed by atoms with Crippen molar-refractivity contribution in [2.24, 2.45) is 5.41 Å². The molecule has 0 aliphatic carbocycles. The van der Waals surface area contributed by atoms with Crippen LogP contribution in [0.1, 0.15) is 29.9 Å². The smallest absolute Gasteiger partial charge is 0.236 e. The maximum absolute atomic E-state index is 12.2. The quantitative estimate of drug-likeness (QED) is 0.744. The highest BCUT2D eigenvalue weighted by Crippen LogP contribution is 2.35. The van der Waals surface area contributed by atoms with E-state index in [-0.39, 0.29) is 11.3 Å². The van der Waals surface area contributed by atoms with Gasteiger partial charge in [-0.25, -0.2) is 0 Å². The molecule has 0 radical (unpaired) electrons. The fourth-order valence-electron chi connectivity index (χ4n) is 2.59. The molecule has 2 nitrogen and oxygen atoms in total. The summed E-state index contributed by atoms with van der Waals surface area (Å²) < 4.78 is 1.81. The van der Waals surface area contributed by atoms with Gasteiger partial charge in [0, 0.05) is 29.3 Å². The number of hydrogen-bond acceptors (Lipinski definition) is 1. The number of benzene rings is 1. The van der Waals surface area contributed by atoms with Crippen LogP contribution >= 0.6 is 0 Å². The van der Waals surface area contributed by atoms with E-state index in [9.17, 15) is 4.79 Å². The molecule has 92 valence electrons. The van der Waals surface area contributed by atoms with E-state index in [0.29, 0.717) is 0 Å². The third kappa shape index (κ3) is 1.60. The molecule has 1 aromatic carbocycles. The van der Waals surface area contributed by atoms with Crippen LogP contribution in [0.5, 0.6) is 0 Å². The first-order valence-corrected chi connectivity index (χ1v) is 6.30. The van der Waals surface area contributed by atoms with Gasteiger partial charge < -0.3 is 0 Å². The van der Waals surface area contributed by atoms with Gasteiger partial charge in [-0.15, -0.1) is 0 Å². The molecular formula is C16H17NO. The second-order valence-electron chi connectivity index (χ2n) is 5.82. The highest BCUT2D eigenvalue weighted by molar-refractivity contribution is 5.89. The monoisotopic (exact) mass is 239 g/mol. The maximum Gasteiger partial charge on any atom is 0.236 e. The zero-order chi connectivity index (χ0) is 12.9. The van der Waals surface area contributed by atoms with Gasteiger partial charge in [0.15, 0.2) is 0 Å². The molecule has 0 N–H and O–H groups in total. The predicted molar refractivity (Wildman–Crippen MR) is 72.7 cm³/mol. The van der Waals surface area contributed by atoms with E-state index in [4.69, 9.17) is 0 Å². The highest BCUT2D eigenvalue weighted by atomic mass is 16.2. The Balaban J connectivity index is 2.02. The number of rotatable bonds is 1. The molecule has 0 fully saturated rings. The van der Waals surface area contributed by atoms with E-state index in [1.54, 1.807) is 0 Å². The summed E-state index contributed by atoms with van der Waals surface area (Å²) in [7, 11) is 0. The Morgan fingerprint density at radius 1 is 1.11 bits per heavy atom. The lowest BCUT2D eigenvalue weighted by atomic mass is 9.90. The molecule has 1 aromatic heterocycles. The van der Waals surface area contributed by atoms with E-state index in [2.05, 4.69) is 37.3 Å². The van der Waals surface area contributed by atoms with Crippen molar-refractivity contribution in [3.8, 4) is 11.1 Å². The fourth-order valence-corrected chi connectivity index (χ4v) is 2.59. The van der Waals surface area contributed by atoms with Crippen LogP contribution in [0.25, 0.3) is 11.1 Å². The fraction of sp³-hybridized carbons (Fsp3) is 0.312. The number of fused-ring (bicyclic) bond motifs is 1. The van der Waals surface area contributed by atoms with Gasteiger partial charge in [-0.1, -0.05) is 43.7 Å². The summed E-state index contributed by atoms with van der Waals surface area (Å²) in [4.78, 5) is 12.2. The average molecular weight is 239 g/mol. The number of carbonyl (C=O) groups is 1. The standard InChI is InChI=1S/C16H17NO/c1-11-4-6-12(7-5-11)13-8-14-9-16(2,3)15(18)17(14)10-13/h4-8,10H,9H2,1-3H3. The van der Waals surface area contributed by atoms with Crippen molar-refractivity contribution in [3.63, 3.8) is 0 Å². The summed E-state index contributed by atoms with van der Waals surface area (Å²) in [5, 5.41) is 0. The number of nitrogens with zero attached hydrogens (tertiary/aromatic N) is 1. The number of carbonyl (C=O) groups excluding carboxylic acids is 1. The number of hydrogen-bond donors (Lipinski definition) is 0. The van der Waals surface area contributed by atoms with Crippen LogP contribution < -0.4 is 0 Å². The van der Waals surface area contributed by atoms with Crippen LogP contribution in [0.15, 0.2) is 36.5 Å². The van der Waals surface area contributed by atoms with Gasteiger partial charge in [0.1, 0.15) is 0 Å². The first-order chi connectivity index (χ1) is 8.47. The molecule has 3 rings (SSSR count). The van der Waals surface area contributed by atoms with Crippen molar-refractivity contribution in [1.82, 2.24) is 4.57 Å². The van der Waals surface area contributed by atoms with Gasteiger partial charge in [0.05, 0.1) is 0 Å². The van der Waals surface area contributed by atoms with E-state index < -0.39 is 0 Å². The van der Waals surface area contributed by atoms with Gasteiger partial charge in [-0.3, -0.25) is 9.36 Å². The largest absolute Gasteiger partial charge is 0.291 e. The van der Waals surface area contributed by atoms with Gasteiger partial charge in [-0.05, 0) is 18.6 Å². The van der Waals surface area contributed by atoms with Crippen molar-refractivity contribution in [3.05, 3.63) is 47.8 Å². The topological polar surface area (TPSA) is 22.0 Å². The zero-order valence-electron chi connectivity index (χ0n) is 11.0. The molecule has 2 heteroatoms. The van der Waals surface area contributed by atoms with Gasteiger partial charge in [0.2, 0.25) is 5.91 Å². The van der Waals surface area contributed by atoms with Gasteiger partial charge >= 0.3 is 0 Å². The van der Waals surface area contributed by atoms with Crippen LogP contribution in [0.4, 0.5) is 0 Å². The zero-order valence-corrected chi connectivity index (χ0v) is 11.0. The van der Waals surface area contributed by atoms with Crippen LogP contribution in [-0.2, 0) is 6.42 Å². The van der Waals surface area contributed by atoms with Gasteiger partial charge in [-0.2, -0.15) is 0 Å². The van der Waals surface area contributed by atoms with Gasteiger partial charge in [0.25, 0.3) is 0 Å². The van der Waals surface area contributed by atoms with E-state index in [1.165, 1.54) is 11.1 Å². The van der Waals surface area contributed by atoms with E-state index in [1.807, 2.05) is 24.6 Å². The SMILES string of the molecule is Cc1ccc(-c2cc3n(c2)C(=O)C(C)(C)C3)cc1. The molecule has 0 unspecified atom stereocenters. The van der Waals surface area contributed by atoms with E-state index >= 15 is 0 Å². The molecule has 0 saturated carbocycles. The average Bonchev–Trinajstić information content (AvgIpc) is 2.79. The Hall–Kier alpha value is -1.83. The Morgan fingerprint density at radius 2 is 1.78 bits per heavy atom. The lowest BCUT2D eigenvalue weighted by Crippen LogP contribution is -2.22. The number of aromatic nitrogens is 1.